The maximum Gasteiger partial charge on any atom is 0.271 e. The van der Waals surface area contributed by atoms with Crippen molar-refractivity contribution in [3.8, 4) is 17.4 Å². The quantitative estimate of drug-likeness (QED) is 0.419. The van der Waals surface area contributed by atoms with Crippen molar-refractivity contribution < 1.29 is 14.3 Å². The number of hydrogen-bond donors (Lipinski definition) is 3. The average molecular weight is 478 g/mol. The van der Waals surface area contributed by atoms with E-state index in [0.717, 1.165) is 37.6 Å². The summed E-state index contributed by atoms with van der Waals surface area (Å²) < 4.78 is 11.4. The van der Waals surface area contributed by atoms with Crippen LogP contribution in [0.1, 0.15) is 23.1 Å². The Kier molecular flexibility index (Phi) is 7.21. The van der Waals surface area contributed by atoms with Crippen LogP contribution < -0.4 is 31.2 Å². The monoisotopic (exact) mass is 477 g/mol. The van der Waals surface area contributed by atoms with E-state index in [4.69, 9.17) is 20.9 Å². The SMILES string of the molecule is CCc1nc(C(N)=O)c(Nc2ccc(N3CCN(C)CC3)cc2)nc1Oc1cccc(N)c1OC. The van der Waals surface area contributed by atoms with E-state index in [1.807, 2.05) is 31.2 Å². The van der Waals surface area contributed by atoms with E-state index in [0.29, 0.717) is 29.3 Å². The van der Waals surface area contributed by atoms with Crippen LogP contribution in [0.25, 0.3) is 0 Å². The molecule has 0 saturated carbocycles. The molecule has 5 N–H and O–H groups in total. The largest absolute Gasteiger partial charge is 0.491 e. The summed E-state index contributed by atoms with van der Waals surface area (Å²) in [5.74, 6) is 0.546. The number of aryl methyl sites for hydroxylation is 1. The van der Waals surface area contributed by atoms with E-state index in [-0.39, 0.29) is 17.4 Å². The number of likely N-dealkylation sites (N-methyl/N-ethyl adjacent to an activating group) is 1. The topological polar surface area (TPSA) is 132 Å². The summed E-state index contributed by atoms with van der Waals surface area (Å²) in [5, 5.41) is 3.17. The molecule has 0 radical (unpaired) electrons. The van der Waals surface area contributed by atoms with Crippen molar-refractivity contribution in [3.05, 3.63) is 53.9 Å². The number of amides is 1. The van der Waals surface area contributed by atoms with Crippen molar-refractivity contribution in [3.63, 3.8) is 0 Å². The number of nitrogens with zero attached hydrogens (tertiary/aromatic N) is 4. The van der Waals surface area contributed by atoms with Crippen LogP contribution in [0.2, 0.25) is 0 Å². The van der Waals surface area contributed by atoms with Gasteiger partial charge in [-0.3, -0.25) is 4.79 Å². The lowest BCUT2D eigenvalue weighted by atomic mass is 10.2. The molecule has 2 heterocycles. The van der Waals surface area contributed by atoms with Gasteiger partial charge in [0.25, 0.3) is 5.91 Å². The van der Waals surface area contributed by atoms with Crippen LogP contribution in [0, 0.1) is 0 Å². The second-order valence-electron chi connectivity index (χ2n) is 8.33. The molecule has 184 valence electrons. The number of nitrogens with two attached hydrogens (primary N) is 2. The summed E-state index contributed by atoms with van der Waals surface area (Å²) in [7, 11) is 3.65. The Labute approximate surface area is 204 Å². The van der Waals surface area contributed by atoms with Crippen molar-refractivity contribution in [2.45, 2.75) is 13.3 Å². The fourth-order valence-corrected chi connectivity index (χ4v) is 3.92. The van der Waals surface area contributed by atoms with Gasteiger partial charge < -0.3 is 36.1 Å². The first kappa shape index (κ1) is 24.1. The maximum atomic E-state index is 12.2. The Balaban J connectivity index is 1.63. The number of anilines is 4. The number of benzene rings is 2. The predicted octanol–water partition coefficient (Wildman–Crippen LogP) is 3.02. The van der Waals surface area contributed by atoms with Gasteiger partial charge in [-0.15, -0.1) is 0 Å². The number of aromatic nitrogens is 2. The zero-order chi connectivity index (χ0) is 24.9. The number of primary amides is 1. The van der Waals surface area contributed by atoms with Crippen LogP contribution in [0.4, 0.5) is 22.9 Å². The Bertz CT molecular complexity index is 1190. The molecule has 1 amide bonds. The second kappa shape index (κ2) is 10.5. The molecule has 0 unspecified atom stereocenters. The molecule has 0 spiro atoms. The van der Waals surface area contributed by atoms with E-state index in [1.54, 1.807) is 18.2 Å². The van der Waals surface area contributed by atoms with Crippen molar-refractivity contribution in [2.75, 3.05) is 56.3 Å². The molecule has 1 aliphatic heterocycles. The Morgan fingerprint density at radius 2 is 1.80 bits per heavy atom. The zero-order valence-corrected chi connectivity index (χ0v) is 20.2. The molecular formula is C25H31N7O3. The third kappa shape index (κ3) is 5.38. The molecule has 1 aromatic heterocycles. The highest BCUT2D eigenvalue weighted by Crippen LogP contribution is 2.37. The molecular weight excluding hydrogens is 446 g/mol. The molecule has 1 saturated heterocycles. The molecule has 0 bridgehead atoms. The van der Waals surface area contributed by atoms with Gasteiger partial charge in [0.2, 0.25) is 5.88 Å². The minimum absolute atomic E-state index is 0.0388. The minimum atomic E-state index is -0.683. The van der Waals surface area contributed by atoms with Crippen LogP contribution in [0.3, 0.4) is 0 Å². The summed E-state index contributed by atoms with van der Waals surface area (Å²) in [4.78, 5) is 25.9. The summed E-state index contributed by atoms with van der Waals surface area (Å²) in [6, 6.07) is 13.2. The van der Waals surface area contributed by atoms with Crippen molar-refractivity contribution in [1.29, 1.82) is 0 Å². The fourth-order valence-electron chi connectivity index (χ4n) is 3.92. The molecule has 35 heavy (non-hydrogen) atoms. The molecule has 0 aliphatic carbocycles. The second-order valence-corrected chi connectivity index (χ2v) is 8.33. The Morgan fingerprint density at radius 1 is 1.09 bits per heavy atom. The van der Waals surface area contributed by atoms with Crippen molar-refractivity contribution >= 4 is 28.8 Å². The smallest absolute Gasteiger partial charge is 0.271 e. The first-order valence-electron chi connectivity index (χ1n) is 11.5. The summed E-state index contributed by atoms with van der Waals surface area (Å²) in [5.41, 5.74) is 14.5. The van der Waals surface area contributed by atoms with E-state index in [9.17, 15) is 4.79 Å². The number of hydrogen-bond acceptors (Lipinski definition) is 9. The molecule has 3 aromatic rings. The van der Waals surface area contributed by atoms with Crippen molar-refractivity contribution in [1.82, 2.24) is 14.9 Å². The molecule has 2 aromatic carbocycles. The van der Waals surface area contributed by atoms with Gasteiger partial charge in [-0.05, 0) is 49.9 Å². The minimum Gasteiger partial charge on any atom is -0.491 e. The number of rotatable bonds is 8. The van der Waals surface area contributed by atoms with Gasteiger partial charge in [0.15, 0.2) is 23.0 Å². The third-order valence-electron chi connectivity index (χ3n) is 5.92. The van der Waals surface area contributed by atoms with Crippen LogP contribution in [0.15, 0.2) is 42.5 Å². The van der Waals surface area contributed by atoms with E-state index in [1.165, 1.54) is 7.11 Å². The van der Waals surface area contributed by atoms with E-state index in [2.05, 4.69) is 32.1 Å². The lowest BCUT2D eigenvalue weighted by Crippen LogP contribution is -2.44. The number of methoxy groups -OCH3 is 1. The molecule has 4 rings (SSSR count). The van der Waals surface area contributed by atoms with Crippen LogP contribution >= 0.6 is 0 Å². The number of para-hydroxylation sites is 1. The van der Waals surface area contributed by atoms with Crippen molar-refractivity contribution in [2.24, 2.45) is 5.73 Å². The third-order valence-corrected chi connectivity index (χ3v) is 5.92. The van der Waals surface area contributed by atoms with Crippen LogP contribution in [-0.4, -0.2) is 61.1 Å². The van der Waals surface area contributed by atoms with E-state index < -0.39 is 5.91 Å². The summed E-state index contributed by atoms with van der Waals surface area (Å²) in [6.45, 7) is 5.91. The highest BCUT2D eigenvalue weighted by Gasteiger charge is 2.20. The summed E-state index contributed by atoms with van der Waals surface area (Å²) >= 11 is 0. The van der Waals surface area contributed by atoms with Gasteiger partial charge >= 0.3 is 0 Å². The lowest BCUT2D eigenvalue weighted by Gasteiger charge is -2.34. The number of piperazine rings is 1. The number of nitrogens with one attached hydrogen (secondary N) is 1. The predicted molar refractivity (Wildman–Crippen MR) is 137 cm³/mol. The highest BCUT2D eigenvalue weighted by molar-refractivity contribution is 5.96. The van der Waals surface area contributed by atoms with Gasteiger partial charge in [-0.25, -0.2) is 4.98 Å². The van der Waals surface area contributed by atoms with Gasteiger partial charge in [0, 0.05) is 37.6 Å². The normalized spacial score (nSPS) is 14.0. The Morgan fingerprint density at radius 3 is 2.43 bits per heavy atom. The highest BCUT2D eigenvalue weighted by atomic mass is 16.5. The van der Waals surface area contributed by atoms with Gasteiger partial charge in [0.05, 0.1) is 12.8 Å². The molecule has 0 atom stereocenters. The van der Waals surface area contributed by atoms with Crippen LogP contribution in [-0.2, 0) is 6.42 Å². The number of ether oxygens (including phenoxy) is 2. The zero-order valence-electron chi connectivity index (χ0n) is 20.2. The van der Waals surface area contributed by atoms with E-state index >= 15 is 0 Å². The number of nitrogen functional groups attached to an aromatic ring is 1. The van der Waals surface area contributed by atoms with Gasteiger partial charge in [-0.2, -0.15) is 4.98 Å². The molecule has 10 nitrogen and oxygen atoms in total. The molecule has 10 heteroatoms. The van der Waals surface area contributed by atoms with Gasteiger partial charge in [-0.1, -0.05) is 13.0 Å². The fraction of sp³-hybridized carbons (Fsp3) is 0.320. The summed E-state index contributed by atoms with van der Waals surface area (Å²) in [6.07, 6.45) is 0.479. The standard InChI is InChI=1S/C25H31N7O3/c1-4-19-25(35-20-7-5-6-18(26)22(20)34-3)30-24(21(29-19)23(27)33)28-16-8-10-17(11-9-16)32-14-12-31(2)13-15-32/h5-11H,4,12-15,26H2,1-3H3,(H2,27,33)(H,28,30). The number of carbonyl (C=O) groups excluding carboxylic acids is 1. The maximum absolute atomic E-state index is 12.2. The molecule has 1 aliphatic rings. The van der Waals surface area contributed by atoms with Gasteiger partial charge in [0.1, 0.15) is 5.69 Å². The first-order valence-corrected chi connectivity index (χ1v) is 11.5. The Hall–Kier alpha value is -4.05. The first-order chi connectivity index (χ1) is 16.9. The average Bonchev–Trinajstić information content (AvgIpc) is 2.85. The van der Waals surface area contributed by atoms with Crippen LogP contribution in [0.5, 0.6) is 17.4 Å². The number of carbonyl (C=O) groups is 1. The lowest BCUT2D eigenvalue weighted by molar-refractivity contribution is 0.0996. The molecule has 1 fully saturated rings.